The summed E-state index contributed by atoms with van der Waals surface area (Å²) in [5.74, 6) is -0.236. The molecule has 1 aromatic rings. The van der Waals surface area contributed by atoms with Crippen molar-refractivity contribution in [3.63, 3.8) is 0 Å². The molecule has 16 heavy (non-hydrogen) atoms. The molecule has 0 N–H and O–H groups in total. The molecule has 1 rings (SSSR count). The zero-order valence-electron chi connectivity index (χ0n) is 8.13. The zero-order valence-corrected chi connectivity index (χ0v) is 11.9. The molecule has 1 heterocycles. The molecule has 0 spiro atoms. The summed E-state index contributed by atoms with van der Waals surface area (Å²) >= 11 is 8.96. The number of carbonyl (C=O) groups is 1. The van der Waals surface area contributed by atoms with Crippen LogP contribution in [0.2, 0.25) is 0 Å². The van der Waals surface area contributed by atoms with Crippen molar-refractivity contribution in [1.29, 1.82) is 0 Å². The summed E-state index contributed by atoms with van der Waals surface area (Å²) in [7, 11) is 0. The summed E-state index contributed by atoms with van der Waals surface area (Å²) in [5.41, 5.74) is 0.445. The van der Waals surface area contributed by atoms with Gasteiger partial charge in [0.2, 0.25) is 0 Å². The smallest absolute Gasteiger partial charge is 0.255 e. The normalized spacial score (nSPS) is 10.8. The van der Waals surface area contributed by atoms with E-state index in [1.165, 1.54) is 11.3 Å². The number of amides is 1. The molecule has 1 aromatic heterocycles. The minimum atomic E-state index is -2.54. The van der Waals surface area contributed by atoms with Crippen LogP contribution in [-0.4, -0.2) is 36.2 Å². The predicted molar refractivity (Wildman–Crippen MR) is 69.7 cm³/mol. The van der Waals surface area contributed by atoms with Gasteiger partial charge in [0.05, 0.1) is 15.0 Å². The molecule has 0 saturated carbocycles. The Labute approximate surface area is 115 Å². The fourth-order valence-corrected chi connectivity index (χ4v) is 2.67. The van der Waals surface area contributed by atoms with Gasteiger partial charge in [-0.3, -0.25) is 4.79 Å². The number of rotatable bonds is 5. The van der Waals surface area contributed by atoms with E-state index in [2.05, 4.69) is 22.6 Å². The van der Waals surface area contributed by atoms with Crippen LogP contribution in [0.5, 0.6) is 0 Å². The van der Waals surface area contributed by atoms with Crippen molar-refractivity contribution in [2.24, 2.45) is 0 Å². The lowest BCUT2D eigenvalue weighted by molar-refractivity contribution is 0.0571. The van der Waals surface area contributed by atoms with Crippen molar-refractivity contribution >= 4 is 51.4 Å². The van der Waals surface area contributed by atoms with E-state index in [9.17, 15) is 13.6 Å². The maximum absolute atomic E-state index is 12.3. The van der Waals surface area contributed by atoms with Crippen molar-refractivity contribution in [3.8, 4) is 0 Å². The molecular formula is C9H9ClF2INOS. The van der Waals surface area contributed by atoms with Crippen molar-refractivity contribution in [3.05, 3.63) is 19.9 Å². The molecule has 0 aliphatic heterocycles. The van der Waals surface area contributed by atoms with E-state index >= 15 is 0 Å². The third-order valence-electron chi connectivity index (χ3n) is 1.81. The second-order valence-electron chi connectivity index (χ2n) is 2.97. The van der Waals surface area contributed by atoms with Crippen molar-refractivity contribution < 1.29 is 13.6 Å². The standard InChI is InChI=1S/C9H9ClF2INOS/c10-1-2-14(4-7(11)12)9(15)6-3-8(13)16-5-6/h3,5,7H,1-2,4H2. The predicted octanol–water partition coefficient (Wildman–Crippen LogP) is 3.30. The Morgan fingerprint density at radius 2 is 2.31 bits per heavy atom. The van der Waals surface area contributed by atoms with Crippen molar-refractivity contribution in [2.45, 2.75) is 6.43 Å². The Bertz CT molecular complexity index is 361. The first-order valence-electron chi connectivity index (χ1n) is 4.42. The topological polar surface area (TPSA) is 20.3 Å². The first-order valence-corrected chi connectivity index (χ1v) is 6.91. The minimum Gasteiger partial charge on any atom is -0.332 e. The molecular weight excluding hydrogens is 371 g/mol. The number of thiophene rings is 1. The Morgan fingerprint density at radius 1 is 1.62 bits per heavy atom. The fraction of sp³-hybridized carbons (Fsp3) is 0.444. The first kappa shape index (κ1) is 14.1. The molecule has 2 nitrogen and oxygen atoms in total. The number of hydrogen-bond acceptors (Lipinski definition) is 2. The van der Waals surface area contributed by atoms with Gasteiger partial charge >= 0.3 is 0 Å². The highest BCUT2D eigenvalue weighted by Crippen LogP contribution is 2.18. The highest BCUT2D eigenvalue weighted by atomic mass is 127. The molecule has 1 amide bonds. The largest absolute Gasteiger partial charge is 0.332 e. The van der Waals surface area contributed by atoms with Crippen LogP contribution in [0.1, 0.15) is 10.4 Å². The van der Waals surface area contributed by atoms with Crippen LogP contribution in [0.3, 0.4) is 0 Å². The maximum Gasteiger partial charge on any atom is 0.255 e. The van der Waals surface area contributed by atoms with Gasteiger partial charge in [0, 0.05) is 17.8 Å². The van der Waals surface area contributed by atoms with Crippen LogP contribution in [0.4, 0.5) is 8.78 Å². The third-order valence-corrected chi connectivity index (χ3v) is 3.77. The Balaban J connectivity index is 2.74. The van der Waals surface area contributed by atoms with Crippen molar-refractivity contribution in [2.75, 3.05) is 19.0 Å². The Morgan fingerprint density at radius 3 is 2.75 bits per heavy atom. The lowest BCUT2D eigenvalue weighted by atomic mass is 10.3. The van der Waals surface area contributed by atoms with E-state index in [0.29, 0.717) is 5.56 Å². The third kappa shape index (κ3) is 4.14. The molecule has 0 bridgehead atoms. The Kier molecular flexibility index (Phi) is 5.91. The molecule has 0 aromatic carbocycles. The van der Waals surface area contributed by atoms with Crippen LogP contribution >= 0.6 is 45.5 Å². The van der Waals surface area contributed by atoms with Crippen LogP contribution < -0.4 is 0 Å². The summed E-state index contributed by atoms with van der Waals surface area (Å²) in [4.78, 5) is 12.9. The van der Waals surface area contributed by atoms with E-state index in [1.807, 2.05) is 0 Å². The molecule has 0 fully saturated rings. The fourth-order valence-electron chi connectivity index (χ4n) is 1.15. The summed E-state index contributed by atoms with van der Waals surface area (Å²) in [6.45, 7) is -0.435. The van der Waals surface area contributed by atoms with E-state index in [-0.39, 0.29) is 18.3 Å². The molecule has 0 atom stereocenters. The second kappa shape index (κ2) is 6.70. The lowest BCUT2D eigenvalue weighted by Crippen LogP contribution is -2.36. The maximum atomic E-state index is 12.3. The molecule has 0 unspecified atom stereocenters. The van der Waals surface area contributed by atoms with Gasteiger partial charge in [-0.2, -0.15) is 0 Å². The van der Waals surface area contributed by atoms with E-state index in [1.54, 1.807) is 11.4 Å². The molecule has 90 valence electrons. The van der Waals surface area contributed by atoms with Crippen LogP contribution in [-0.2, 0) is 0 Å². The van der Waals surface area contributed by atoms with Gasteiger partial charge in [0.15, 0.2) is 0 Å². The van der Waals surface area contributed by atoms with Gasteiger partial charge in [-0.15, -0.1) is 22.9 Å². The number of hydrogen-bond donors (Lipinski definition) is 0. The van der Waals surface area contributed by atoms with Crippen LogP contribution in [0.15, 0.2) is 11.4 Å². The average Bonchev–Trinajstić information content (AvgIpc) is 2.62. The number of halogens is 4. The molecule has 0 saturated heterocycles. The SMILES string of the molecule is O=C(c1csc(I)c1)N(CCCl)CC(F)F. The van der Waals surface area contributed by atoms with Crippen LogP contribution in [0, 0.1) is 2.88 Å². The van der Waals surface area contributed by atoms with E-state index in [4.69, 9.17) is 11.6 Å². The molecule has 7 heteroatoms. The summed E-state index contributed by atoms with van der Waals surface area (Å²) in [6, 6.07) is 1.68. The van der Waals surface area contributed by atoms with E-state index in [0.717, 1.165) is 7.78 Å². The zero-order chi connectivity index (χ0) is 12.1. The molecule has 0 aliphatic rings. The highest BCUT2D eigenvalue weighted by molar-refractivity contribution is 14.1. The first-order chi connectivity index (χ1) is 7.54. The molecule has 0 radical (unpaired) electrons. The summed E-state index contributed by atoms with van der Waals surface area (Å²) in [6.07, 6.45) is -2.54. The lowest BCUT2D eigenvalue weighted by Gasteiger charge is -2.20. The van der Waals surface area contributed by atoms with Crippen molar-refractivity contribution in [1.82, 2.24) is 4.90 Å². The van der Waals surface area contributed by atoms with Gasteiger partial charge in [0.1, 0.15) is 0 Å². The quantitative estimate of drug-likeness (QED) is 0.568. The number of carbonyl (C=O) groups excluding carboxylic acids is 1. The number of alkyl halides is 3. The Hall–Kier alpha value is 0.0500. The summed E-state index contributed by atoms with van der Waals surface area (Å²) in [5, 5.41) is 1.66. The van der Waals surface area contributed by atoms with Crippen LogP contribution in [0.25, 0.3) is 0 Å². The van der Waals surface area contributed by atoms with Gasteiger partial charge in [-0.05, 0) is 28.7 Å². The average molecular weight is 380 g/mol. The highest BCUT2D eigenvalue weighted by Gasteiger charge is 2.19. The number of nitrogens with zero attached hydrogens (tertiary/aromatic N) is 1. The second-order valence-corrected chi connectivity index (χ2v) is 6.15. The summed E-state index contributed by atoms with van der Waals surface area (Å²) < 4.78 is 25.5. The van der Waals surface area contributed by atoms with Gasteiger partial charge in [0.25, 0.3) is 12.3 Å². The van der Waals surface area contributed by atoms with Gasteiger partial charge in [-0.1, -0.05) is 0 Å². The monoisotopic (exact) mass is 379 g/mol. The molecule has 0 aliphatic carbocycles. The van der Waals surface area contributed by atoms with Gasteiger partial charge < -0.3 is 4.90 Å². The van der Waals surface area contributed by atoms with Gasteiger partial charge in [-0.25, -0.2) is 8.78 Å². The minimum absolute atomic E-state index is 0.136. The van der Waals surface area contributed by atoms with E-state index < -0.39 is 13.0 Å².